The van der Waals surface area contributed by atoms with E-state index >= 15 is 0 Å². The summed E-state index contributed by atoms with van der Waals surface area (Å²) >= 11 is 0. The monoisotopic (exact) mass is 462 g/mol. The molecule has 11 atom stereocenters. The maximum atomic E-state index is 11.6. The predicted octanol–water partition coefficient (Wildman–Crippen LogP) is 5.08. The molecule has 0 spiro atoms. The normalized spacial score (nSPS) is 50.1. The quantitative estimate of drug-likeness (QED) is 0.415. The lowest BCUT2D eigenvalue weighted by Gasteiger charge is -2.65. The molecule has 33 heavy (non-hydrogen) atoms. The van der Waals surface area contributed by atoms with Gasteiger partial charge in [-0.25, -0.2) is 0 Å². The van der Waals surface area contributed by atoms with Gasteiger partial charge in [-0.2, -0.15) is 0 Å². The first kappa shape index (κ1) is 25.7. The Morgan fingerprint density at radius 2 is 1.73 bits per heavy atom. The fourth-order valence-corrected chi connectivity index (χ4v) is 9.52. The SMILES string of the molecule is C=CC(O)(CCC(C)C1CCC2C3CC(O)C4(O)CC(O)CCC4(C)C3CCC12C)C(C)C. The van der Waals surface area contributed by atoms with Crippen molar-refractivity contribution >= 4 is 0 Å². The molecule has 0 bridgehead atoms. The highest BCUT2D eigenvalue weighted by Crippen LogP contribution is 2.69. The third-order valence-corrected chi connectivity index (χ3v) is 11.9. The Morgan fingerprint density at radius 1 is 1.03 bits per heavy atom. The molecule has 4 heteroatoms. The van der Waals surface area contributed by atoms with Gasteiger partial charge < -0.3 is 20.4 Å². The van der Waals surface area contributed by atoms with Gasteiger partial charge in [-0.05, 0) is 98.7 Å². The predicted molar refractivity (Wildman–Crippen MR) is 132 cm³/mol. The smallest absolute Gasteiger partial charge is 0.0985 e. The molecule has 0 saturated heterocycles. The van der Waals surface area contributed by atoms with Crippen molar-refractivity contribution in [3.63, 3.8) is 0 Å². The molecular formula is C29H50O4. The molecule has 4 aliphatic carbocycles. The average Bonchev–Trinajstić information content (AvgIpc) is 3.11. The summed E-state index contributed by atoms with van der Waals surface area (Å²) in [6.07, 6.45) is 9.56. The second kappa shape index (κ2) is 8.61. The van der Waals surface area contributed by atoms with Gasteiger partial charge in [0, 0.05) is 11.8 Å². The van der Waals surface area contributed by atoms with Gasteiger partial charge in [-0.1, -0.05) is 40.7 Å². The van der Waals surface area contributed by atoms with Crippen LogP contribution in [0.4, 0.5) is 0 Å². The molecule has 0 aromatic carbocycles. The lowest BCUT2D eigenvalue weighted by molar-refractivity contribution is -0.264. The number of fused-ring (bicyclic) bond motifs is 5. The zero-order valence-corrected chi connectivity index (χ0v) is 21.8. The number of aliphatic hydroxyl groups is 4. The zero-order valence-electron chi connectivity index (χ0n) is 21.8. The second-order valence-electron chi connectivity index (χ2n) is 13.5. The van der Waals surface area contributed by atoms with E-state index in [9.17, 15) is 20.4 Å². The van der Waals surface area contributed by atoms with E-state index in [1.54, 1.807) is 6.08 Å². The topological polar surface area (TPSA) is 80.9 Å². The molecule has 4 fully saturated rings. The van der Waals surface area contributed by atoms with Gasteiger partial charge in [0.1, 0.15) is 0 Å². The van der Waals surface area contributed by atoms with Crippen molar-refractivity contribution in [2.45, 2.75) is 122 Å². The van der Waals surface area contributed by atoms with Crippen LogP contribution in [0.15, 0.2) is 12.7 Å². The molecular weight excluding hydrogens is 412 g/mol. The van der Waals surface area contributed by atoms with E-state index < -0.39 is 23.4 Å². The largest absolute Gasteiger partial charge is 0.393 e. The molecule has 0 aliphatic heterocycles. The molecule has 0 amide bonds. The standard InChI is InChI=1S/C29H50O4/c1-7-28(32,18(2)3)15-10-19(4)22-8-9-23-21-16-25(31)29(33)17-20(30)11-14-27(29,6)24(21)12-13-26(22,23)5/h7,18-25,30-33H,1,8-17H2,2-6H3. The van der Waals surface area contributed by atoms with Crippen molar-refractivity contribution in [1.82, 2.24) is 0 Å². The highest BCUT2D eigenvalue weighted by Gasteiger charge is 2.67. The minimum atomic E-state index is -1.16. The minimum Gasteiger partial charge on any atom is -0.393 e. The van der Waals surface area contributed by atoms with E-state index in [1.807, 2.05) is 0 Å². The second-order valence-corrected chi connectivity index (χ2v) is 13.5. The fraction of sp³-hybridized carbons (Fsp3) is 0.931. The molecule has 4 rings (SSSR count). The fourth-order valence-electron chi connectivity index (χ4n) is 9.52. The Bertz CT molecular complexity index is 737. The van der Waals surface area contributed by atoms with Crippen LogP contribution in [0.25, 0.3) is 0 Å². The number of hydrogen-bond donors (Lipinski definition) is 4. The van der Waals surface area contributed by atoms with Gasteiger partial charge in [-0.15, -0.1) is 6.58 Å². The van der Waals surface area contributed by atoms with Gasteiger partial charge >= 0.3 is 0 Å². The minimum absolute atomic E-state index is 0.168. The first-order chi connectivity index (χ1) is 15.3. The number of rotatable bonds is 6. The Kier molecular flexibility index (Phi) is 6.69. The number of aliphatic hydroxyl groups excluding tert-OH is 2. The maximum Gasteiger partial charge on any atom is 0.0985 e. The van der Waals surface area contributed by atoms with E-state index in [2.05, 4.69) is 41.2 Å². The molecule has 0 aromatic heterocycles. The molecule has 0 radical (unpaired) electrons. The molecule has 0 heterocycles. The molecule has 11 unspecified atom stereocenters. The van der Waals surface area contributed by atoms with E-state index in [4.69, 9.17) is 0 Å². The Balaban J connectivity index is 1.52. The van der Waals surface area contributed by atoms with Gasteiger partial charge in [0.05, 0.1) is 23.4 Å². The van der Waals surface area contributed by atoms with Crippen LogP contribution < -0.4 is 0 Å². The first-order valence-electron chi connectivity index (χ1n) is 13.8. The molecule has 190 valence electrons. The van der Waals surface area contributed by atoms with Crippen molar-refractivity contribution in [2.24, 2.45) is 46.3 Å². The van der Waals surface area contributed by atoms with Crippen molar-refractivity contribution < 1.29 is 20.4 Å². The van der Waals surface area contributed by atoms with Crippen LogP contribution in [-0.2, 0) is 0 Å². The van der Waals surface area contributed by atoms with E-state index in [-0.39, 0.29) is 16.7 Å². The summed E-state index contributed by atoms with van der Waals surface area (Å²) in [5.74, 6) is 2.84. The summed E-state index contributed by atoms with van der Waals surface area (Å²) in [5, 5.41) is 44.1. The van der Waals surface area contributed by atoms with Gasteiger partial charge in [0.25, 0.3) is 0 Å². The van der Waals surface area contributed by atoms with Crippen molar-refractivity contribution in [1.29, 1.82) is 0 Å². The van der Waals surface area contributed by atoms with Crippen LogP contribution in [0.1, 0.15) is 98.8 Å². The van der Waals surface area contributed by atoms with Crippen LogP contribution >= 0.6 is 0 Å². The highest BCUT2D eigenvalue weighted by atomic mass is 16.3. The van der Waals surface area contributed by atoms with Crippen LogP contribution in [0.2, 0.25) is 0 Å². The summed E-state index contributed by atoms with van der Waals surface area (Å²) in [7, 11) is 0. The first-order valence-corrected chi connectivity index (χ1v) is 13.8. The lowest BCUT2D eigenvalue weighted by atomic mass is 9.42. The summed E-state index contributed by atoms with van der Waals surface area (Å²) < 4.78 is 0. The summed E-state index contributed by atoms with van der Waals surface area (Å²) in [4.78, 5) is 0. The van der Waals surface area contributed by atoms with Crippen LogP contribution in [0, 0.1) is 46.3 Å². The summed E-state index contributed by atoms with van der Waals surface area (Å²) in [6.45, 7) is 15.1. The molecule has 0 aromatic rings. The average molecular weight is 463 g/mol. The zero-order chi connectivity index (χ0) is 24.4. The maximum absolute atomic E-state index is 11.6. The van der Waals surface area contributed by atoms with Crippen LogP contribution in [-0.4, -0.2) is 43.8 Å². The third kappa shape index (κ3) is 3.77. The molecule has 4 saturated carbocycles. The van der Waals surface area contributed by atoms with Crippen molar-refractivity contribution in [2.75, 3.05) is 0 Å². The van der Waals surface area contributed by atoms with Crippen LogP contribution in [0.3, 0.4) is 0 Å². The Hall–Kier alpha value is -0.420. The summed E-state index contributed by atoms with van der Waals surface area (Å²) in [5.41, 5.74) is -1.98. The lowest BCUT2D eigenvalue weighted by Crippen LogP contribution is -2.68. The Morgan fingerprint density at radius 3 is 2.36 bits per heavy atom. The van der Waals surface area contributed by atoms with E-state index in [1.165, 1.54) is 19.3 Å². The van der Waals surface area contributed by atoms with E-state index in [0.29, 0.717) is 42.4 Å². The van der Waals surface area contributed by atoms with E-state index in [0.717, 1.165) is 32.1 Å². The van der Waals surface area contributed by atoms with Gasteiger partial charge in [-0.3, -0.25) is 0 Å². The van der Waals surface area contributed by atoms with Crippen molar-refractivity contribution in [3.05, 3.63) is 12.7 Å². The Labute approximate surface area is 201 Å². The van der Waals surface area contributed by atoms with Gasteiger partial charge in [0.15, 0.2) is 0 Å². The molecule has 4 nitrogen and oxygen atoms in total. The number of hydrogen-bond acceptors (Lipinski definition) is 4. The highest BCUT2D eigenvalue weighted by molar-refractivity contribution is 5.17. The van der Waals surface area contributed by atoms with Gasteiger partial charge in [0.2, 0.25) is 0 Å². The van der Waals surface area contributed by atoms with Crippen LogP contribution in [0.5, 0.6) is 0 Å². The van der Waals surface area contributed by atoms with Crippen molar-refractivity contribution in [3.8, 4) is 0 Å². The third-order valence-electron chi connectivity index (χ3n) is 11.9. The summed E-state index contributed by atoms with van der Waals surface area (Å²) in [6, 6.07) is 0. The molecule has 4 aliphatic rings. The molecule has 4 N–H and O–H groups in total.